The molecule has 1 saturated heterocycles. The second-order valence-electron chi connectivity index (χ2n) is 6.13. The molecule has 3 N–H and O–H groups in total. The summed E-state index contributed by atoms with van der Waals surface area (Å²) >= 11 is 0. The number of hydrogen-bond acceptors (Lipinski definition) is 5. The second kappa shape index (κ2) is 8.10. The van der Waals surface area contributed by atoms with Crippen LogP contribution in [0.4, 0.5) is 5.82 Å². The highest BCUT2D eigenvalue weighted by Crippen LogP contribution is 2.12. The number of carbonyl (C=O) groups is 1. The van der Waals surface area contributed by atoms with Crippen LogP contribution < -0.4 is 16.0 Å². The van der Waals surface area contributed by atoms with Crippen LogP contribution in [0.2, 0.25) is 0 Å². The van der Waals surface area contributed by atoms with E-state index in [0.717, 1.165) is 38.5 Å². The van der Waals surface area contributed by atoms with Crippen molar-refractivity contribution in [2.75, 3.05) is 37.6 Å². The number of nitrogens with one attached hydrogen (secondary N) is 1. The molecule has 1 aromatic heterocycles. The highest BCUT2D eigenvalue weighted by molar-refractivity contribution is 5.76. The molecule has 1 amide bonds. The van der Waals surface area contributed by atoms with Crippen molar-refractivity contribution in [2.45, 2.75) is 32.4 Å². The van der Waals surface area contributed by atoms with Crippen LogP contribution in [0.15, 0.2) is 24.4 Å². The van der Waals surface area contributed by atoms with E-state index in [1.807, 2.05) is 38.2 Å². The number of hydrogen-bond donors (Lipinski definition) is 2. The van der Waals surface area contributed by atoms with E-state index in [9.17, 15) is 4.79 Å². The summed E-state index contributed by atoms with van der Waals surface area (Å²) in [5.74, 6) is 1.08. The minimum absolute atomic E-state index is 0.0367. The zero-order chi connectivity index (χ0) is 15.9. The van der Waals surface area contributed by atoms with Crippen LogP contribution in [0.3, 0.4) is 0 Å². The largest absolute Gasteiger partial charge is 0.354 e. The van der Waals surface area contributed by atoms with E-state index in [4.69, 9.17) is 5.73 Å². The molecule has 1 fully saturated rings. The normalized spacial score (nSPS) is 18.8. The molecule has 1 aliphatic rings. The number of carbonyl (C=O) groups excluding carboxylic acids is 1. The van der Waals surface area contributed by atoms with E-state index in [1.165, 1.54) is 0 Å². The number of pyridine rings is 1. The third kappa shape index (κ3) is 5.27. The number of aromatic nitrogens is 1. The fourth-order valence-electron chi connectivity index (χ4n) is 2.76. The Morgan fingerprint density at radius 1 is 1.32 bits per heavy atom. The van der Waals surface area contributed by atoms with E-state index in [-0.39, 0.29) is 18.0 Å². The molecule has 0 bridgehead atoms. The average Bonchev–Trinajstić information content (AvgIpc) is 2.47. The highest BCUT2D eigenvalue weighted by atomic mass is 16.1. The van der Waals surface area contributed by atoms with Crippen LogP contribution in [-0.4, -0.2) is 60.6 Å². The van der Waals surface area contributed by atoms with E-state index >= 15 is 0 Å². The summed E-state index contributed by atoms with van der Waals surface area (Å²) in [7, 11) is 0. The van der Waals surface area contributed by atoms with Gasteiger partial charge in [0.2, 0.25) is 5.91 Å². The lowest BCUT2D eigenvalue weighted by Gasteiger charge is -2.36. The molecular weight excluding hydrogens is 278 g/mol. The Morgan fingerprint density at radius 3 is 2.64 bits per heavy atom. The molecule has 0 saturated carbocycles. The number of anilines is 1. The summed E-state index contributed by atoms with van der Waals surface area (Å²) in [6, 6.07) is 6.06. The first kappa shape index (κ1) is 16.7. The Labute approximate surface area is 132 Å². The molecule has 1 aromatic rings. The molecule has 6 heteroatoms. The molecule has 2 unspecified atom stereocenters. The average molecular weight is 305 g/mol. The molecule has 22 heavy (non-hydrogen) atoms. The van der Waals surface area contributed by atoms with Gasteiger partial charge >= 0.3 is 0 Å². The van der Waals surface area contributed by atoms with Gasteiger partial charge in [-0.25, -0.2) is 4.98 Å². The van der Waals surface area contributed by atoms with Gasteiger partial charge in [-0.15, -0.1) is 0 Å². The van der Waals surface area contributed by atoms with Crippen molar-refractivity contribution in [1.82, 2.24) is 15.2 Å². The van der Waals surface area contributed by atoms with Gasteiger partial charge in [-0.2, -0.15) is 0 Å². The van der Waals surface area contributed by atoms with Crippen molar-refractivity contribution >= 4 is 11.7 Å². The third-order valence-electron chi connectivity index (χ3n) is 3.79. The van der Waals surface area contributed by atoms with Crippen LogP contribution in [0, 0.1) is 0 Å². The van der Waals surface area contributed by atoms with Crippen LogP contribution in [-0.2, 0) is 4.79 Å². The Balaban J connectivity index is 1.72. The monoisotopic (exact) mass is 305 g/mol. The van der Waals surface area contributed by atoms with Gasteiger partial charge in [-0.05, 0) is 26.0 Å². The van der Waals surface area contributed by atoms with Gasteiger partial charge in [-0.1, -0.05) is 6.07 Å². The van der Waals surface area contributed by atoms with Gasteiger partial charge in [0.15, 0.2) is 0 Å². The van der Waals surface area contributed by atoms with E-state index in [2.05, 4.69) is 20.1 Å². The molecule has 6 nitrogen and oxygen atoms in total. The van der Waals surface area contributed by atoms with E-state index in [1.54, 1.807) is 0 Å². The van der Waals surface area contributed by atoms with Crippen molar-refractivity contribution in [3.8, 4) is 0 Å². The Kier molecular flexibility index (Phi) is 6.15. The van der Waals surface area contributed by atoms with Crippen molar-refractivity contribution in [3.63, 3.8) is 0 Å². The Morgan fingerprint density at radius 2 is 2.05 bits per heavy atom. The maximum Gasteiger partial charge on any atom is 0.221 e. The Bertz CT molecular complexity index is 457. The SMILES string of the molecule is CC(N)CC(=O)NC(C)CN1CCN(c2ccccn2)CC1. The first-order chi connectivity index (χ1) is 10.5. The van der Waals surface area contributed by atoms with Crippen LogP contribution >= 0.6 is 0 Å². The Hall–Kier alpha value is -1.66. The lowest BCUT2D eigenvalue weighted by Crippen LogP contribution is -2.51. The van der Waals surface area contributed by atoms with Crippen molar-refractivity contribution < 1.29 is 4.79 Å². The quantitative estimate of drug-likeness (QED) is 0.798. The number of nitrogens with zero attached hydrogens (tertiary/aromatic N) is 3. The number of rotatable bonds is 6. The summed E-state index contributed by atoms with van der Waals surface area (Å²) < 4.78 is 0. The molecule has 2 rings (SSSR count). The van der Waals surface area contributed by atoms with Crippen LogP contribution in [0.5, 0.6) is 0 Å². The number of piperazine rings is 1. The first-order valence-electron chi connectivity index (χ1n) is 7.98. The maximum absolute atomic E-state index is 11.7. The molecule has 2 heterocycles. The number of nitrogens with two attached hydrogens (primary N) is 1. The maximum atomic E-state index is 11.7. The highest BCUT2D eigenvalue weighted by Gasteiger charge is 2.20. The lowest BCUT2D eigenvalue weighted by molar-refractivity contribution is -0.122. The predicted molar refractivity (Wildman–Crippen MR) is 88.8 cm³/mol. The topological polar surface area (TPSA) is 74.5 Å². The van der Waals surface area contributed by atoms with Gasteiger partial charge in [0.1, 0.15) is 5.82 Å². The number of amides is 1. The third-order valence-corrected chi connectivity index (χ3v) is 3.79. The smallest absolute Gasteiger partial charge is 0.221 e. The summed E-state index contributed by atoms with van der Waals surface area (Å²) in [5, 5.41) is 3.01. The minimum atomic E-state index is -0.0888. The minimum Gasteiger partial charge on any atom is -0.354 e. The molecule has 2 atom stereocenters. The first-order valence-corrected chi connectivity index (χ1v) is 7.98. The summed E-state index contributed by atoms with van der Waals surface area (Å²) in [6.45, 7) is 8.69. The molecular formula is C16H27N5O. The standard InChI is InChI=1S/C16H27N5O/c1-13(17)11-16(22)19-14(2)12-20-7-9-21(10-8-20)15-5-3-4-6-18-15/h3-6,13-14H,7-12,17H2,1-2H3,(H,19,22). The molecule has 0 aromatic carbocycles. The van der Waals surface area contributed by atoms with Gasteiger partial charge < -0.3 is 16.0 Å². The zero-order valence-electron chi connectivity index (χ0n) is 13.5. The van der Waals surface area contributed by atoms with Gasteiger partial charge in [0, 0.05) is 57.4 Å². The van der Waals surface area contributed by atoms with Crippen LogP contribution in [0.25, 0.3) is 0 Å². The summed E-state index contributed by atoms with van der Waals surface area (Å²) in [5.41, 5.74) is 5.64. The molecule has 0 spiro atoms. The molecule has 122 valence electrons. The summed E-state index contributed by atoms with van der Waals surface area (Å²) in [6.07, 6.45) is 2.22. The van der Waals surface area contributed by atoms with Crippen molar-refractivity contribution in [2.24, 2.45) is 5.73 Å². The van der Waals surface area contributed by atoms with E-state index in [0.29, 0.717) is 6.42 Å². The van der Waals surface area contributed by atoms with Crippen molar-refractivity contribution in [1.29, 1.82) is 0 Å². The molecule has 0 aliphatic carbocycles. The van der Waals surface area contributed by atoms with Crippen molar-refractivity contribution in [3.05, 3.63) is 24.4 Å². The molecule has 1 aliphatic heterocycles. The fraction of sp³-hybridized carbons (Fsp3) is 0.625. The predicted octanol–water partition coefficient (Wildman–Crippen LogP) is 0.446. The lowest BCUT2D eigenvalue weighted by atomic mass is 10.2. The second-order valence-corrected chi connectivity index (χ2v) is 6.13. The fourth-order valence-corrected chi connectivity index (χ4v) is 2.76. The van der Waals surface area contributed by atoms with Gasteiger partial charge in [-0.3, -0.25) is 9.69 Å². The van der Waals surface area contributed by atoms with E-state index < -0.39 is 0 Å². The summed E-state index contributed by atoms with van der Waals surface area (Å²) in [4.78, 5) is 20.8. The molecule has 0 radical (unpaired) electrons. The van der Waals surface area contributed by atoms with Gasteiger partial charge in [0.05, 0.1) is 0 Å². The zero-order valence-corrected chi connectivity index (χ0v) is 13.5. The van der Waals surface area contributed by atoms with Crippen LogP contribution in [0.1, 0.15) is 20.3 Å². The van der Waals surface area contributed by atoms with Gasteiger partial charge in [0.25, 0.3) is 0 Å².